The topological polar surface area (TPSA) is 61.2 Å². The highest BCUT2D eigenvalue weighted by Gasteiger charge is 2.34. The number of sulfonamides is 1. The van der Waals surface area contributed by atoms with Gasteiger partial charge in [0.25, 0.3) is 0 Å². The minimum atomic E-state index is -3.44. The second-order valence-corrected chi connectivity index (χ2v) is 6.48. The number of hydrogen-bond donors (Lipinski definition) is 0. The summed E-state index contributed by atoms with van der Waals surface area (Å²) in [6.45, 7) is 2.44. The molecule has 2 rings (SSSR count). The molecule has 1 aromatic carbocycles. The third-order valence-corrected chi connectivity index (χ3v) is 5.24. The van der Waals surface area contributed by atoms with Gasteiger partial charge in [0.15, 0.2) is 0 Å². The van der Waals surface area contributed by atoms with Crippen molar-refractivity contribution in [3.8, 4) is 6.07 Å². The lowest BCUT2D eigenvalue weighted by molar-refractivity contribution is 0.391. The Hall–Kier alpha value is -1.38. The van der Waals surface area contributed by atoms with Crippen LogP contribution in [0.3, 0.4) is 0 Å². The second kappa shape index (κ2) is 5.09. The van der Waals surface area contributed by atoms with E-state index in [0.717, 1.165) is 18.4 Å². The molecule has 5 heteroatoms. The highest BCUT2D eigenvalue weighted by atomic mass is 32.2. The number of benzene rings is 1. The van der Waals surface area contributed by atoms with E-state index in [-0.39, 0.29) is 12.5 Å². The Bertz CT molecular complexity index is 558. The highest BCUT2D eigenvalue weighted by molar-refractivity contribution is 7.89. The summed E-state index contributed by atoms with van der Waals surface area (Å²) in [4.78, 5) is 0.318. The third-order valence-electron chi connectivity index (χ3n) is 3.28. The molecule has 4 nitrogen and oxygen atoms in total. The number of nitriles is 1. The molecule has 1 aliphatic rings. The molecule has 0 saturated carbocycles. The van der Waals surface area contributed by atoms with Gasteiger partial charge in [-0.3, -0.25) is 0 Å². The fraction of sp³-hybridized carbons (Fsp3) is 0.462. The van der Waals surface area contributed by atoms with Crippen molar-refractivity contribution in [1.82, 2.24) is 4.31 Å². The van der Waals surface area contributed by atoms with Crippen molar-refractivity contribution in [3.05, 3.63) is 29.8 Å². The van der Waals surface area contributed by atoms with Gasteiger partial charge in [-0.15, -0.1) is 0 Å². The van der Waals surface area contributed by atoms with Crippen LogP contribution in [0.25, 0.3) is 0 Å². The lowest BCUT2D eigenvalue weighted by Gasteiger charge is -2.22. The first-order valence-corrected chi connectivity index (χ1v) is 7.45. The van der Waals surface area contributed by atoms with Crippen LogP contribution < -0.4 is 0 Å². The molecule has 96 valence electrons. The van der Waals surface area contributed by atoms with E-state index < -0.39 is 10.0 Å². The quantitative estimate of drug-likeness (QED) is 0.839. The molecule has 0 spiro atoms. The van der Waals surface area contributed by atoms with Gasteiger partial charge in [0.05, 0.1) is 17.4 Å². The lowest BCUT2D eigenvalue weighted by atomic mass is 10.2. The largest absolute Gasteiger partial charge is 0.243 e. The average Bonchev–Trinajstić information content (AvgIpc) is 2.79. The van der Waals surface area contributed by atoms with Crippen LogP contribution >= 0.6 is 0 Å². The molecule has 0 bridgehead atoms. The molecule has 0 amide bonds. The van der Waals surface area contributed by atoms with Crippen LogP contribution in [0, 0.1) is 18.3 Å². The predicted molar refractivity (Wildman–Crippen MR) is 68.3 cm³/mol. The Morgan fingerprint density at radius 3 is 2.67 bits per heavy atom. The maximum atomic E-state index is 12.4. The fourth-order valence-corrected chi connectivity index (χ4v) is 3.97. The number of rotatable bonds is 3. The van der Waals surface area contributed by atoms with Gasteiger partial charge in [-0.2, -0.15) is 9.57 Å². The normalized spacial score (nSPS) is 20.8. The first kappa shape index (κ1) is 13.1. The van der Waals surface area contributed by atoms with E-state index in [2.05, 4.69) is 6.07 Å². The van der Waals surface area contributed by atoms with E-state index in [1.165, 1.54) is 4.31 Å². The van der Waals surface area contributed by atoms with E-state index in [1.54, 1.807) is 24.3 Å². The van der Waals surface area contributed by atoms with Crippen molar-refractivity contribution >= 4 is 10.0 Å². The summed E-state index contributed by atoms with van der Waals surface area (Å²) in [6, 6.07) is 8.75. The van der Waals surface area contributed by atoms with Gasteiger partial charge in [-0.05, 0) is 31.9 Å². The van der Waals surface area contributed by atoms with Gasteiger partial charge in [0.1, 0.15) is 0 Å². The van der Waals surface area contributed by atoms with Gasteiger partial charge in [-0.1, -0.05) is 17.7 Å². The standard InChI is InChI=1S/C13H16N2O2S/c1-11-4-6-13(7-5-11)18(16,17)15-10-2-3-12(15)8-9-14/h4-7,12H,2-3,8,10H2,1H3/t12-/m0/s1. The van der Waals surface area contributed by atoms with Crippen molar-refractivity contribution in [2.75, 3.05) is 6.54 Å². The van der Waals surface area contributed by atoms with Crippen LogP contribution in [-0.2, 0) is 10.0 Å². The molecule has 0 radical (unpaired) electrons. The molecule has 0 N–H and O–H groups in total. The van der Waals surface area contributed by atoms with E-state index >= 15 is 0 Å². The van der Waals surface area contributed by atoms with Crippen molar-refractivity contribution in [2.45, 2.75) is 37.1 Å². The smallest absolute Gasteiger partial charge is 0.207 e. The summed E-state index contributed by atoms with van der Waals surface area (Å²) in [5.41, 5.74) is 1.03. The minimum absolute atomic E-state index is 0.165. The maximum Gasteiger partial charge on any atom is 0.243 e. The summed E-state index contributed by atoms with van der Waals surface area (Å²) in [5, 5.41) is 8.75. The SMILES string of the molecule is Cc1ccc(S(=O)(=O)N2CCC[C@H]2CC#N)cc1. The fourth-order valence-electron chi connectivity index (χ4n) is 2.28. The first-order valence-electron chi connectivity index (χ1n) is 6.01. The molecule has 0 unspecified atom stereocenters. The Labute approximate surface area is 108 Å². The molecule has 1 aromatic rings. The molecule has 0 aliphatic carbocycles. The van der Waals surface area contributed by atoms with Crippen LogP contribution in [0.15, 0.2) is 29.2 Å². The van der Waals surface area contributed by atoms with E-state index in [9.17, 15) is 8.42 Å². The van der Waals surface area contributed by atoms with Gasteiger partial charge in [0, 0.05) is 12.6 Å². The van der Waals surface area contributed by atoms with E-state index in [0.29, 0.717) is 11.4 Å². The Morgan fingerprint density at radius 1 is 1.39 bits per heavy atom. The third kappa shape index (κ3) is 2.40. The van der Waals surface area contributed by atoms with Crippen molar-refractivity contribution in [1.29, 1.82) is 5.26 Å². The lowest BCUT2D eigenvalue weighted by Crippen LogP contribution is -2.35. The molecule has 18 heavy (non-hydrogen) atoms. The highest BCUT2D eigenvalue weighted by Crippen LogP contribution is 2.27. The van der Waals surface area contributed by atoms with Crippen molar-refractivity contribution in [3.63, 3.8) is 0 Å². The molecular weight excluding hydrogens is 248 g/mol. The number of aryl methyl sites for hydroxylation is 1. The summed E-state index contributed by atoms with van der Waals surface area (Å²) in [6.07, 6.45) is 1.88. The zero-order valence-electron chi connectivity index (χ0n) is 10.3. The first-order chi connectivity index (χ1) is 8.55. The van der Waals surface area contributed by atoms with Crippen LogP contribution in [-0.4, -0.2) is 25.3 Å². The van der Waals surface area contributed by atoms with Crippen molar-refractivity contribution < 1.29 is 8.42 Å². The van der Waals surface area contributed by atoms with Gasteiger partial charge >= 0.3 is 0 Å². The molecule has 1 saturated heterocycles. The molecule has 1 atom stereocenters. The van der Waals surface area contributed by atoms with Crippen LogP contribution in [0.4, 0.5) is 0 Å². The summed E-state index contributed by atoms with van der Waals surface area (Å²) in [5.74, 6) is 0. The predicted octanol–water partition coefficient (Wildman–Crippen LogP) is 2.06. The summed E-state index contributed by atoms with van der Waals surface area (Å²) in [7, 11) is -3.44. The molecular formula is C13H16N2O2S. The Balaban J connectivity index is 2.31. The average molecular weight is 264 g/mol. The van der Waals surface area contributed by atoms with E-state index in [4.69, 9.17) is 5.26 Å². The van der Waals surface area contributed by atoms with Crippen LogP contribution in [0.2, 0.25) is 0 Å². The summed E-state index contributed by atoms with van der Waals surface area (Å²) >= 11 is 0. The number of hydrogen-bond acceptors (Lipinski definition) is 3. The van der Waals surface area contributed by atoms with Crippen LogP contribution in [0.5, 0.6) is 0 Å². The molecule has 0 aromatic heterocycles. The van der Waals surface area contributed by atoms with Crippen LogP contribution in [0.1, 0.15) is 24.8 Å². The molecule has 1 heterocycles. The number of nitrogens with zero attached hydrogens (tertiary/aromatic N) is 2. The summed E-state index contributed by atoms with van der Waals surface area (Å²) < 4.78 is 26.4. The van der Waals surface area contributed by atoms with Gasteiger partial charge < -0.3 is 0 Å². The molecule has 1 aliphatic heterocycles. The monoisotopic (exact) mass is 264 g/mol. The van der Waals surface area contributed by atoms with E-state index in [1.807, 2.05) is 6.92 Å². The van der Waals surface area contributed by atoms with Crippen molar-refractivity contribution in [2.24, 2.45) is 0 Å². The van der Waals surface area contributed by atoms with Gasteiger partial charge in [-0.25, -0.2) is 8.42 Å². The Morgan fingerprint density at radius 2 is 2.06 bits per heavy atom. The minimum Gasteiger partial charge on any atom is -0.207 e. The van der Waals surface area contributed by atoms with Gasteiger partial charge in [0.2, 0.25) is 10.0 Å². The second-order valence-electron chi connectivity index (χ2n) is 4.59. The maximum absolute atomic E-state index is 12.4. The molecule has 1 fully saturated rings. The zero-order valence-corrected chi connectivity index (χ0v) is 11.2. The Kier molecular flexibility index (Phi) is 3.69. The zero-order chi connectivity index (χ0) is 13.2.